The van der Waals surface area contributed by atoms with E-state index in [1.807, 2.05) is 13.8 Å². The number of fused-ring (bicyclic) bond motifs is 1. The lowest BCUT2D eigenvalue weighted by atomic mass is 10.0. The summed E-state index contributed by atoms with van der Waals surface area (Å²) < 4.78 is 5.30. The summed E-state index contributed by atoms with van der Waals surface area (Å²) in [6, 6.07) is 0. The maximum absolute atomic E-state index is 11.2. The lowest BCUT2D eigenvalue weighted by Crippen LogP contribution is -2.11. The monoisotopic (exact) mass is 209 g/mol. The number of hydrogen-bond acceptors (Lipinski definition) is 2. The summed E-state index contributed by atoms with van der Waals surface area (Å²) in [6.45, 7) is 5.07. The molecule has 0 saturated heterocycles. The third kappa shape index (κ3) is 1.65. The van der Waals surface area contributed by atoms with Crippen LogP contribution in [-0.4, -0.2) is 22.7 Å². The molecule has 0 saturated carbocycles. The normalized spacial score (nSPS) is 15.4. The van der Waals surface area contributed by atoms with Gasteiger partial charge in [0.25, 0.3) is 0 Å². The maximum Gasteiger partial charge on any atom is 0.337 e. The first-order valence-electron chi connectivity index (χ1n) is 5.16. The van der Waals surface area contributed by atoms with Gasteiger partial charge in [0, 0.05) is 23.4 Å². The molecule has 1 aromatic rings. The van der Waals surface area contributed by atoms with Crippen molar-refractivity contribution >= 4 is 5.97 Å². The van der Waals surface area contributed by atoms with Gasteiger partial charge < -0.3 is 14.8 Å². The number of carboxylic acids is 1. The Morgan fingerprint density at radius 3 is 2.87 bits per heavy atom. The summed E-state index contributed by atoms with van der Waals surface area (Å²) in [5.41, 5.74) is 3.09. The SMILES string of the molecule is CC(C)c1[nH]c2c(c1C(=O)O)COCC2. The Hall–Kier alpha value is -1.29. The number of nitrogens with one attached hydrogen (secondary N) is 1. The molecule has 0 radical (unpaired) electrons. The predicted molar refractivity (Wildman–Crippen MR) is 55.2 cm³/mol. The van der Waals surface area contributed by atoms with Gasteiger partial charge in [-0.15, -0.1) is 0 Å². The molecule has 0 amide bonds. The minimum absolute atomic E-state index is 0.196. The molecule has 2 rings (SSSR count). The topological polar surface area (TPSA) is 62.3 Å². The Morgan fingerprint density at radius 2 is 2.27 bits per heavy atom. The minimum Gasteiger partial charge on any atom is -0.478 e. The Labute approximate surface area is 88.3 Å². The Bertz CT molecular complexity index is 393. The summed E-state index contributed by atoms with van der Waals surface area (Å²) in [5.74, 6) is -0.664. The number of ether oxygens (including phenoxy) is 1. The van der Waals surface area contributed by atoms with Crippen molar-refractivity contribution in [1.29, 1.82) is 0 Å². The first-order valence-corrected chi connectivity index (χ1v) is 5.16. The highest BCUT2D eigenvalue weighted by Gasteiger charge is 2.25. The number of aromatic amines is 1. The molecular weight excluding hydrogens is 194 g/mol. The molecular formula is C11H15NO3. The van der Waals surface area contributed by atoms with E-state index < -0.39 is 5.97 Å². The molecule has 1 aliphatic rings. The zero-order chi connectivity index (χ0) is 11.0. The van der Waals surface area contributed by atoms with Crippen LogP contribution in [0, 0.1) is 0 Å². The van der Waals surface area contributed by atoms with Crippen molar-refractivity contribution in [2.75, 3.05) is 6.61 Å². The van der Waals surface area contributed by atoms with E-state index in [1.165, 1.54) is 0 Å². The molecule has 2 heterocycles. The molecule has 0 unspecified atom stereocenters. The first kappa shape index (κ1) is 10.2. The van der Waals surface area contributed by atoms with Gasteiger partial charge in [-0.3, -0.25) is 0 Å². The fourth-order valence-electron chi connectivity index (χ4n) is 2.01. The van der Waals surface area contributed by atoms with Crippen LogP contribution in [0.1, 0.15) is 47.1 Å². The van der Waals surface area contributed by atoms with Crippen LogP contribution in [-0.2, 0) is 17.8 Å². The zero-order valence-corrected chi connectivity index (χ0v) is 8.96. The number of hydrogen-bond donors (Lipinski definition) is 2. The maximum atomic E-state index is 11.2. The zero-order valence-electron chi connectivity index (χ0n) is 8.96. The third-order valence-corrected chi connectivity index (χ3v) is 2.75. The quantitative estimate of drug-likeness (QED) is 0.782. The Morgan fingerprint density at radius 1 is 1.53 bits per heavy atom. The predicted octanol–water partition coefficient (Wildman–Crippen LogP) is 1.91. The molecule has 0 bridgehead atoms. The van der Waals surface area contributed by atoms with Crippen molar-refractivity contribution in [2.45, 2.75) is 32.8 Å². The number of aromatic nitrogens is 1. The molecule has 0 fully saturated rings. The summed E-state index contributed by atoms with van der Waals surface area (Å²) in [4.78, 5) is 14.4. The average Bonchev–Trinajstić information content (AvgIpc) is 2.56. The first-order chi connectivity index (χ1) is 7.11. The molecule has 1 aromatic heterocycles. The Balaban J connectivity index is 2.56. The van der Waals surface area contributed by atoms with Gasteiger partial charge in [0.2, 0.25) is 0 Å². The van der Waals surface area contributed by atoms with Gasteiger partial charge >= 0.3 is 5.97 Å². The second-order valence-electron chi connectivity index (χ2n) is 4.13. The van der Waals surface area contributed by atoms with Gasteiger partial charge in [0.05, 0.1) is 18.8 Å². The standard InChI is InChI=1S/C11H15NO3/c1-6(2)10-9(11(13)14)7-5-15-4-3-8(7)12-10/h6,12H,3-5H2,1-2H3,(H,13,14). The highest BCUT2D eigenvalue weighted by atomic mass is 16.5. The van der Waals surface area contributed by atoms with Crippen molar-refractivity contribution in [2.24, 2.45) is 0 Å². The average molecular weight is 209 g/mol. The highest BCUT2D eigenvalue weighted by Crippen LogP contribution is 2.28. The fraction of sp³-hybridized carbons (Fsp3) is 0.545. The number of carbonyl (C=O) groups is 1. The molecule has 0 spiro atoms. The molecule has 2 N–H and O–H groups in total. The summed E-state index contributed by atoms with van der Waals surface area (Å²) in [5, 5.41) is 9.18. The highest BCUT2D eigenvalue weighted by molar-refractivity contribution is 5.91. The van der Waals surface area contributed by atoms with Crippen LogP contribution in [0.3, 0.4) is 0 Å². The summed E-state index contributed by atoms with van der Waals surface area (Å²) in [6.07, 6.45) is 0.780. The van der Waals surface area contributed by atoms with E-state index in [0.717, 1.165) is 23.4 Å². The van der Waals surface area contributed by atoms with Gasteiger partial charge in [0.1, 0.15) is 0 Å². The molecule has 0 aliphatic carbocycles. The number of H-pyrrole nitrogens is 1. The van der Waals surface area contributed by atoms with Crippen LogP contribution in [0.4, 0.5) is 0 Å². The number of rotatable bonds is 2. The molecule has 4 heteroatoms. The largest absolute Gasteiger partial charge is 0.478 e. The van der Waals surface area contributed by atoms with E-state index >= 15 is 0 Å². The lowest BCUT2D eigenvalue weighted by molar-refractivity contribution is 0.0682. The molecule has 4 nitrogen and oxygen atoms in total. The van der Waals surface area contributed by atoms with E-state index in [1.54, 1.807) is 0 Å². The van der Waals surface area contributed by atoms with Crippen LogP contribution in [0.25, 0.3) is 0 Å². The lowest BCUT2D eigenvalue weighted by Gasteiger charge is -2.12. The van der Waals surface area contributed by atoms with E-state index in [-0.39, 0.29) is 5.92 Å². The van der Waals surface area contributed by atoms with Gasteiger partial charge in [0.15, 0.2) is 0 Å². The molecule has 82 valence electrons. The summed E-state index contributed by atoms with van der Waals surface area (Å²) in [7, 11) is 0. The van der Waals surface area contributed by atoms with E-state index in [0.29, 0.717) is 18.8 Å². The number of carboxylic acid groups (broad SMARTS) is 1. The van der Waals surface area contributed by atoms with Gasteiger partial charge in [-0.05, 0) is 5.92 Å². The van der Waals surface area contributed by atoms with Crippen molar-refractivity contribution in [3.63, 3.8) is 0 Å². The molecule has 0 aromatic carbocycles. The molecule has 15 heavy (non-hydrogen) atoms. The second-order valence-corrected chi connectivity index (χ2v) is 4.13. The smallest absolute Gasteiger partial charge is 0.337 e. The van der Waals surface area contributed by atoms with Crippen molar-refractivity contribution in [3.8, 4) is 0 Å². The third-order valence-electron chi connectivity index (χ3n) is 2.75. The number of aromatic carboxylic acids is 1. The van der Waals surface area contributed by atoms with Crippen molar-refractivity contribution < 1.29 is 14.6 Å². The van der Waals surface area contributed by atoms with Crippen molar-refractivity contribution in [1.82, 2.24) is 4.98 Å². The van der Waals surface area contributed by atoms with E-state index in [2.05, 4.69) is 4.98 Å². The summed E-state index contributed by atoms with van der Waals surface area (Å²) >= 11 is 0. The van der Waals surface area contributed by atoms with Gasteiger partial charge in [-0.2, -0.15) is 0 Å². The fourth-order valence-corrected chi connectivity index (χ4v) is 2.01. The molecule has 1 aliphatic heterocycles. The van der Waals surface area contributed by atoms with Crippen LogP contribution >= 0.6 is 0 Å². The molecule has 0 atom stereocenters. The van der Waals surface area contributed by atoms with Crippen LogP contribution in [0.15, 0.2) is 0 Å². The van der Waals surface area contributed by atoms with Crippen LogP contribution in [0.2, 0.25) is 0 Å². The van der Waals surface area contributed by atoms with E-state index in [9.17, 15) is 9.90 Å². The van der Waals surface area contributed by atoms with Gasteiger partial charge in [-0.25, -0.2) is 4.79 Å². The van der Waals surface area contributed by atoms with Gasteiger partial charge in [-0.1, -0.05) is 13.8 Å². The minimum atomic E-state index is -0.860. The van der Waals surface area contributed by atoms with E-state index in [4.69, 9.17) is 4.74 Å². The van der Waals surface area contributed by atoms with Crippen LogP contribution in [0.5, 0.6) is 0 Å². The second kappa shape index (κ2) is 3.70. The Kier molecular flexibility index (Phi) is 2.52. The van der Waals surface area contributed by atoms with Crippen LogP contribution < -0.4 is 0 Å². The van der Waals surface area contributed by atoms with Crippen molar-refractivity contribution in [3.05, 3.63) is 22.5 Å².